The van der Waals surface area contributed by atoms with E-state index in [4.69, 9.17) is 0 Å². The van der Waals surface area contributed by atoms with Gasteiger partial charge in [0, 0.05) is 34.8 Å². The summed E-state index contributed by atoms with van der Waals surface area (Å²) in [5.74, 6) is -0.947. The minimum absolute atomic E-state index is 0.125. The van der Waals surface area contributed by atoms with Gasteiger partial charge in [0.05, 0.1) is 11.5 Å². The minimum atomic E-state index is -1.43. The van der Waals surface area contributed by atoms with Gasteiger partial charge in [0.2, 0.25) is 0 Å². The Kier molecular flexibility index (Phi) is 5.56. The van der Waals surface area contributed by atoms with Crippen LogP contribution in [0.1, 0.15) is 39.8 Å². The fourth-order valence-electron chi connectivity index (χ4n) is 4.41. The number of aromatic nitrogens is 1. The number of ketones is 1. The third-order valence-corrected chi connectivity index (χ3v) is 6.32. The number of carbonyl (C=O) groups is 3. The van der Waals surface area contributed by atoms with Crippen molar-refractivity contribution >= 4 is 23.4 Å². The largest absolute Gasteiger partial charge is 0.325 e. The molecule has 1 atom stereocenters. The lowest BCUT2D eigenvalue weighted by atomic mass is 9.92. The first-order chi connectivity index (χ1) is 16.0. The third kappa shape index (κ3) is 3.64. The van der Waals surface area contributed by atoms with Crippen molar-refractivity contribution in [2.45, 2.75) is 33.2 Å². The van der Waals surface area contributed by atoms with Gasteiger partial charge in [-0.2, -0.15) is 0 Å². The number of nitrogens with one attached hydrogen (secondary N) is 1. The van der Waals surface area contributed by atoms with Crippen molar-refractivity contribution in [3.8, 4) is 5.69 Å². The minimum Gasteiger partial charge on any atom is -0.319 e. The lowest BCUT2D eigenvalue weighted by Crippen LogP contribution is -2.41. The van der Waals surface area contributed by atoms with Crippen LogP contribution in [0.3, 0.4) is 0 Å². The van der Waals surface area contributed by atoms with Crippen LogP contribution in [0, 0.1) is 30.9 Å². The second kappa shape index (κ2) is 8.26. The van der Waals surface area contributed by atoms with Crippen molar-refractivity contribution in [3.63, 3.8) is 0 Å². The van der Waals surface area contributed by atoms with Crippen LogP contribution >= 0.6 is 0 Å². The van der Waals surface area contributed by atoms with Crippen LogP contribution in [-0.2, 0) is 10.3 Å². The standard InChI is InChI=1S/C25H24N4O5/c1-15-7-5-6-8-21(15)28-16(2)13-20(17(28)3)22(30)14-27-23(31)25(4,26-24(27)32)18-9-11-19(12-10-18)29(33)34/h5-13H,14H2,1-4H3,(H,26,32). The number of nitrogens with zero attached hydrogens (tertiary/aromatic N) is 3. The lowest BCUT2D eigenvalue weighted by molar-refractivity contribution is -0.384. The Labute approximate surface area is 196 Å². The predicted octanol–water partition coefficient (Wildman–Crippen LogP) is 3.96. The molecule has 1 aromatic heterocycles. The molecule has 3 aromatic rings. The second-order valence-corrected chi connectivity index (χ2v) is 8.58. The summed E-state index contributed by atoms with van der Waals surface area (Å²) < 4.78 is 1.98. The van der Waals surface area contributed by atoms with Gasteiger partial charge in [0.1, 0.15) is 5.54 Å². The summed E-state index contributed by atoms with van der Waals surface area (Å²) >= 11 is 0. The van der Waals surface area contributed by atoms with Crippen LogP contribution in [0.5, 0.6) is 0 Å². The smallest absolute Gasteiger partial charge is 0.319 e. The first kappa shape index (κ1) is 22.9. The highest BCUT2D eigenvalue weighted by Gasteiger charge is 2.49. The molecule has 1 fully saturated rings. The van der Waals surface area contributed by atoms with Gasteiger partial charge in [0.25, 0.3) is 11.6 Å². The molecule has 2 heterocycles. The Bertz CT molecular complexity index is 1340. The average Bonchev–Trinajstić information content (AvgIpc) is 3.21. The van der Waals surface area contributed by atoms with Crippen molar-refractivity contribution in [2.24, 2.45) is 0 Å². The molecule has 1 aliphatic rings. The van der Waals surface area contributed by atoms with E-state index in [1.165, 1.54) is 31.2 Å². The van der Waals surface area contributed by atoms with Gasteiger partial charge in [-0.15, -0.1) is 0 Å². The van der Waals surface area contributed by atoms with E-state index >= 15 is 0 Å². The molecule has 2 aromatic carbocycles. The molecule has 34 heavy (non-hydrogen) atoms. The Morgan fingerprint density at radius 3 is 2.32 bits per heavy atom. The summed E-state index contributed by atoms with van der Waals surface area (Å²) in [5, 5.41) is 13.5. The van der Waals surface area contributed by atoms with E-state index in [1.54, 1.807) is 6.07 Å². The van der Waals surface area contributed by atoms with Gasteiger partial charge in [-0.3, -0.25) is 24.6 Å². The Morgan fingerprint density at radius 1 is 1.06 bits per heavy atom. The summed E-state index contributed by atoms with van der Waals surface area (Å²) in [4.78, 5) is 50.3. The number of hydrogen-bond acceptors (Lipinski definition) is 5. The molecule has 0 radical (unpaired) electrons. The second-order valence-electron chi connectivity index (χ2n) is 8.58. The molecule has 4 rings (SSSR count). The van der Waals surface area contributed by atoms with Crippen LogP contribution in [0.15, 0.2) is 54.6 Å². The summed E-state index contributed by atoms with van der Waals surface area (Å²) in [5.41, 5.74) is 2.87. The quantitative estimate of drug-likeness (QED) is 0.259. The number of carbonyl (C=O) groups excluding carboxylic acids is 3. The van der Waals surface area contributed by atoms with Crippen LogP contribution in [0.4, 0.5) is 10.5 Å². The van der Waals surface area contributed by atoms with Crippen LogP contribution in [0.2, 0.25) is 0 Å². The predicted molar refractivity (Wildman–Crippen MR) is 125 cm³/mol. The zero-order chi connectivity index (χ0) is 24.8. The number of aryl methyl sites for hydroxylation is 2. The van der Waals surface area contributed by atoms with Gasteiger partial charge in [-0.05, 0) is 63.1 Å². The van der Waals surface area contributed by atoms with Crippen molar-refractivity contribution in [1.29, 1.82) is 0 Å². The van der Waals surface area contributed by atoms with Gasteiger partial charge < -0.3 is 9.88 Å². The SMILES string of the molecule is Cc1ccccc1-n1c(C)cc(C(=O)CN2C(=O)NC(C)(c3ccc([N+](=O)[O-])cc3)C2=O)c1C. The molecule has 1 N–H and O–H groups in total. The fraction of sp³-hybridized carbons (Fsp3) is 0.240. The molecule has 1 unspecified atom stereocenters. The maximum absolute atomic E-state index is 13.2. The summed E-state index contributed by atoms with van der Waals surface area (Å²) in [6, 6.07) is 14.3. The third-order valence-electron chi connectivity index (χ3n) is 6.32. The maximum atomic E-state index is 13.2. The number of amides is 3. The Balaban J connectivity index is 1.60. The maximum Gasteiger partial charge on any atom is 0.325 e. The number of hydrogen-bond donors (Lipinski definition) is 1. The number of rotatable bonds is 6. The van der Waals surface area contributed by atoms with E-state index in [0.29, 0.717) is 11.1 Å². The van der Waals surface area contributed by atoms with Crippen LogP contribution < -0.4 is 5.32 Å². The fourth-order valence-corrected chi connectivity index (χ4v) is 4.41. The molecule has 1 saturated heterocycles. The van der Waals surface area contributed by atoms with Crippen molar-refractivity contribution in [2.75, 3.05) is 6.54 Å². The number of nitro benzene ring substituents is 1. The molecule has 174 valence electrons. The zero-order valence-corrected chi connectivity index (χ0v) is 19.3. The number of non-ortho nitro benzene ring substituents is 1. The van der Waals surface area contributed by atoms with Gasteiger partial charge in [-0.25, -0.2) is 4.79 Å². The average molecular weight is 460 g/mol. The molecular formula is C25H24N4O5. The van der Waals surface area contributed by atoms with Gasteiger partial charge >= 0.3 is 6.03 Å². The zero-order valence-electron chi connectivity index (χ0n) is 19.3. The first-order valence-electron chi connectivity index (χ1n) is 10.7. The molecule has 3 amide bonds. The highest BCUT2D eigenvalue weighted by atomic mass is 16.6. The van der Waals surface area contributed by atoms with Gasteiger partial charge in [-0.1, -0.05) is 18.2 Å². The summed E-state index contributed by atoms with van der Waals surface area (Å²) in [6.45, 7) is 6.82. The Morgan fingerprint density at radius 2 is 1.71 bits per heavy atom. The van der Waals surface area contributed by atoms with E-state index < -0.39 is 28.9 Å². The van der Waals surface area contributed by atoms with Gasteiger partial charge in [0.15, 0.2) is 5.78 Å². The molecule has 9 heteroatoms. The lowest BCUT2D eigenvalue weighted by Gasteiger charge is -2.22. The number of urea groups is 1. The first-order valence-corrected chi connectivity index (χ1v) is 10.7. The molecule has 1 aliphatic heterocycles. The van der Waals surface area contributed by atoms with E-state index in [1.807, 2.05) is 49.6 Å². The monoisotopic (exact) mass is 460 g/mol. The van der Waals surface area contributed by atoms with Crippen LogP contribution in [-0.4, -0.2) is 38.7 Å². The highest BCUT2D eigenvalue weighted by Crippen LogP contribution is 2.31. The van der Waals surface area contributed by atoms with E-state index in [-0.39, 0.29) is 11.5 Å². The summed E-state index contributed by atoms with van der Waals surface area (Å²) in [6.07, 6.45) is 0. The van der Waals surface area contributed by atoms with E-state index in [0.717, 1.165) is 27.5 Å². The molecule has 9 nitrogen and oxygen atoms in total. The molecule has 0 spiro atoms. The Hall–Kier alpha value is -4.27. The van der Waals surface area contributed by atoms with Crippen molar-refractivity contribution < 1.29 is 19.3 Å². The number of benzene rings is 2. The van der Waals surface area contributed by atoms with Crippen LogP contribution in [0.25, 0.3) is 5.69 Å². The summed E-state index contributed by atoms with van der Waals surface area (Å²) in [7, 11) is 0. The van der Waals surface area contributed by atoms with E-state index in [2.05, 4.69) is 5.32 Å². The topological polar surface area (TPSA) is 115 Å². The van der Waals surface area contributed by atoms with Crippen molar-refractivity contribution in [1.82, 2.24) is 14.8 Å². The van der Waals surface area contributed by atoms with Crippen molar-refractivity contribution in [3.05, 3.63) is 92.8 Å². The normalized spacial score (nSPS) is 17.7. The molecule has 0 bridgehead atoms. The number of nitro groups is 1. The number of imide groups is 1. The number of Topliss-reactive ketones (excluding diaryl/α,β-unsaturated/α-hetero) is 1. The molecular weight excluding hydrogens is 436 g/mol. The number of para-hydroxylation sites is 1. The molecule has 0 saturated carbocycles. The highest BCUT2D eigenvalue weighted by molar-refractivity contribution is 6.11. The molecule has 0 aliphatic carbocycles. The van der Waals surface area contributed by atoms with E-state index in [9.17, 15) is 24.5 Å².